The van der Waals surface area contributed by atoms with Crippen LogP contribution in [0.15, 0.2) is 12.1 Å². The molecular weight excluding hydrogens is 190 g/mol. The van der Waals surface area contributed by atoms with Gasteiger partial charge in [0, 0.05) is 0 Å². The van der Waals surface area contributed by atoms with Gasteiger partial charge in [-0.3, -0.25) is 9.78 Å². The summed E-state index contributed by atoms with van der Waals surface area (Å²) in [7, 11) is 1.35. The number of aryl methyl sites for hydroxylation is 1. The van der Waals surface area contributed by atoms with Gasteiger partial charge in [0.15, 0.2) is 0 Å². The number of ether oxygens (including phenoxy) is 1. The molecule has 0 aliphatic heterocycles. The van der Waals surface area contributed by atoms with Gasteiger partial charge in [-0.05, 0) is 19.1 Å². The highest BCUT2D eigenvalue weighted by Crippen LogP contribution is 2.12. The second-order valence-electron chi connectivity index (χ2n) is 2.62. The fraction of sp³-hybridized carbons (Fsp3) is 0.333. The van der Waals surface area contributed by atoms with E-state index in [1.807, 2.05) is 0 Å². The van der Waals surface area contributed by atoms with Crippen molar-refractivity contribution in [3.63, 3.8) is 0 Å². The Morgan fingerprint density at radius 3 is 2.85 bits per heavy atom. The third kappa shape index (κ3) is 2.70. The monoisotopic (exact) mass is 199 g/mol. The first kappa shape index (κ1) is 9.99. The normalized spacial score (nSPS) is 9.77. The average Bonchev–Trinajstić information content (AvgIpc) is 2.11. The number of methoxy groups -OCH3 is 1. The van der Waals surface area contributed by atoms with E-state index in [0.29, 0.717) is 10.7 Å². The van der Waals surface area contributed by atoms with Crippen LogP contribution in [0, 0.1) is 6.92 Å². The zero-order chi connectivity index (χ0) is 9.84. The van der Waals surface area contributed by atoms with Crippen molar-refractivity contribution < 1.29 is 9.53 Å². The third-order valence-electron chi connectivity index (χ3n) is 1.63. The predicted molar refractivity (Wildman–Crippen MR) is 49.7 cm³/mol. The molecule has 3 nitrogen and oxygen atoms in total. The van der Waals surface area contributed by atoms with Crippen molar-refractivity contribution in [1.29, 1.82) is 0 Å². The first-order valence-corrected chi connectivity index (χ1v) is 4.20. The topological polar surface area (TPSA) is 39.2 Å². The molecule has 1 aromatic rings. The highest BCUT2D eigenvalue weighted by atomic mass is 35.5. The fourth-order valence-electron chi connectivity index (χ4n) is 0.915. The molecule has 0 fully saturated rings. The smallest absolute Gasteiger partial charge is 0.311 e. The summed E-state index contributed by atoms with van der Waals surface area (Å²) < 4.78 is 4.51. The van der Waals surface area contributed by atoms with Gasteiger partial charge >= 0.3 is 5.97 Å². The van der Waals surface area contributed by atoms with Gasteiger partial charge in [-0.25, -0.2) is 0 Å². The van der Waals surface area contributed by atoms with Crippen LogP contribution in [0.1, 0.15) is 11.4 Å². The molecule has 0 saturated heterocycles. The van der Waals surface area contributed by atoms with Gasteiger partial charge in [-0.1, -0.05) is 11.6 Å². The first-order valence-electron chi connectivity index (χ1n) is 3.82. The van der Waals surface area contributed by atoms with Crippen LogP contribution in [0.5, 0.6) is 0 Å². The van der Waals surface area contributed by atoms with Gasteiger partial charge in [0.05, 0.1) is 29.9 Å². The molecule has 70 valence electrons. The molecule has 0 aromatic carbocycles. The minimum Gasteiger partial charge on any atom is -0.469 e. The van der Waals surface area contributed by atoms with Crippen LogP contribution in [-0.2, 0) is 16.0 Å². The Morgan fingerprint density at radius 1 is 1.62 bits per heavy atom. The molecule has 0 aliphatic carbocycles. The lowest BCUT2D eigenvalue weighted by atomic mass is 10.2. The van der Waals surface area contributed by atoms with Gasteiger partial charge in [-0.15, -0.1) is 0 Å². The standard InChI is InChI=1S/C9H10ClNO2/c1-6-8(10)4-3-7(11-6)5-9(12)13-2/h3-4H,5H2,1-2H3. The Balaban J connectivity index is 2.79. The molecule has 4 heteroatoms. The fourth-order valence-corrected chi connectivity index (χ4v) is 1.02. The maximum Gasteiger partial charge on any atom is 0.311 e. The Kier molecular flexibility index (Phi) is 3.25. The first-order chi connectivity index (χ1) is 6.13. The summed E-state index contributed by atoms with van der Waals surface area (Å²) in [6, 6.07) is 3.44. The van der Waals surface area contributed by atoms with Crippen LogP contribution in [0.25, 0.3) is 0 Å². The summed E-state index contributed by atoms with van der Waals surface area (Å²) in [6.45, 7) is 1.79. The molecule has 1 rings (SSSR count). The van der Waals surface area contributed by atoms with E-state index in [1.165, 1.54) is 7.11 Å². The molecule has 13 heavy (non-hydrogen) atoms. The molecule has 0 N–H and O–H groups in total. The number of nitrogens with zero attached hydrogens (tertiary/aromatic N) is 1. The highest BCUT2D eigenvalue weighted by Gasteiger charge is 2.05. The molecule has 1 heterocycles. The number of carbonyl (C=O) groups is 1. The summed E-state index contributed by atoms with van der Waals surface area (Å²) in [6.07, 6.45) is 0.189. The lowest BCUT2D eigenvalue weighted by molar-refractivity contribution is -0.139. The van der Waals surface area contributed by atoms with Gasteiger partial charge in [0.2, 0.25) is 0 Å². The lowest BCUT2D eigenvalue weighted by Crippen LogP contribution is -2.06. The van der Waals surface area contributed by atoms with Crippen molar-refractivity contribution >= 4 is 17.6 Å². The summed E-state index contributed by atoms with van der Waals surface area (Å²) >= 11 is 5.77. The Morgan fingerprint density at radius 2 is 2.31 bits per heavy atom. The van der Waals surface area contributed by atoms with E-state index in [0.717, 1.165) is 5.69 Å². The van der Waals surface area contributed by atoms with Crippen molar-refractivity contribution in [2.75, 3.05) is 7.11 Å². The molecule has 0 spiro atoms. The van der Waals surface area contributed by atoms with Gasteiger partial charge < -0.3 is 4.74 Å². The number of hydrogen-bond acceptors (Lipinski definition) is 3. The summed E-state index contributed by atoms with van der Waals surface area (Å²) in [4.78, 5) is 15.0. The molecular formula is C9H10ClNO2. The second kappa shape index (κ2) is 4.23. The number of esters is 1. The maximum absolute atomic E-state index is 10.9. The number of carbonyl (C=O) groups excluding carboxylic acids is 1. The van der Waals surface area contributed by atoms with Crippen molar-refractivity contribution in [1.82, 2.24) is 4.98 Å². The van der Waals surface area contributed by atoms with Crippen molar-refractivity contribution in [3.8, 4) is 0 Å². The average molecular weight is 200 g/mol. The quantitative estimate of drug-likeness (QED) is 0.682. The SMILES string of the molecule is COC(=O)Cc1ccc(Cl)c(C)n1. The third-order valence-corrected chi connectivity index (χ3v) is 2.03. The highest BCUT2D eigenvalue weighted by molar-refractivity contribution is 6.31. The number of pyridine rings is 1. The lowest BCUT2D eigenvalue weighted by Gasteiger charge is -2.01. The number of hydrogen-bond donors (Lipinski definition) is 0. The largest absolute Gasteiger partial charge is 0.469 e. The van der Waals surface area contributed by atoms with Crippen LogP contribution in [0.3, 0.4) is 0 Å². The molecule has 0 aliphatic rings. The molecule has 0 saturated carbocycles. The van der Waals surface area contributed by atoms with Crippen molar-refractivity contribution in [2.24, 2.45) is 0 Å². The Bertz CT molecular complexity index is 325. The zero-order valence-corrected chi connectivity index (χ0v) is 8.26. The van der Waals surface area contributed by atoms with Crippen LogP contribution in [0.4, 0.5) is 0 Å². The summed E-state index contributed by atoms with van der Waals surface area (Å²) in [5.41, 5.74) is 1.40. The van der Waals surface area contributed by atoms with E-state index >= 15 is 0 Å². The molecule has 1 aromatic heterocycles. The van der Waals surface area contributed by atoms with Gasteiger partial charge in [0.25, 0.3) is 0 Å². The molecule has 0 radical (unpaired) electrons. The number of halogens is 1. The van der Waals surface area contributed by atoms with E-state index in [1.54, 1.807) is 19.1 Å². The predicted octanol–water partition coefficient (Wildman–Crippen LogP) is 1.76. The van der Waals surface area contributed by atoms with Crippen molar-refractivity contribution in [3.05, 3.63) is 28.5 Å². The van der Waals surface area contributed by atoms with Gasteiger partial charge in [-0.2, -0.15) is 0 Å². The van der Waals surface area contributed by atoms with E-state index in [9.17, 15) is 4.79 Å². The van der Waals surface area contributed by atoms with Crippen LogP contribution in [0.2, 0.25) is 5.02 Å². The van der Waals surface area contributed by atoms with E-state index in [-0.39, 0.29) is 12.4 Å². The summed E-state index contributed by atoms with van der Waals surface area (Å²) in [5.74, 6) is -0.297. The van der Waals surface area contributed by atoms with Crippen LogP contribution >= 0.6 is 11.6 Å². The molecule has 0 bridgehead atoms. The number of aromatic nitrogens is 1. The number of rotatable bonds is 2. The molecule has 0 amide bonds. The van der Waals surface area contributed by atoms with Gasteiger partial charge in [0.1, 0.15) is 0 Å². The maximum atomic E-state index is 10.9. The Hall–Kier alpha value is -1.09. The second-order valence-corrected chi connectivity index (χ2v) is 3.03. The van der Waals surface area contributed by atoms with Crippen molar-refractivity contribution in [2.45, 2.75) is 13.3 Å². The van der Waals surface area contributed by atoms with E-state index in [2.05, 4.69) is 9.72 Å². The summed E-state index contributed by atoms with van der Waals surface area (Å²) in [5, 5.41) is 0.605. The Labute approximate surface area is 81.7 Å². The molecule has 0 unspecified atom stereocenters. The van der Waals surface area contributed by atoms with E-state index < -0.39 is 0 Å². The van der Waals surface area contributed by atoms with E-state index in [4.69, 9.17) is 11.6 Å². The molecule has 0 atom stereocenters. The minimum absolute atomic E-state index is 0.189. The van der Waals surface area contributed by atoms with Crippen LogP contribution < -0.4 is 0 Å². The minimum atomic E-state index is -0.297. The van der Waals surface area contributed by atoms with Crippen LogP contribution in [-0.4, -0.2) is 18.1 Å². The zero-order valence-electron chi connectivity index (χ0n) is 7.50.